The zero-order valence-electron chi connectivity index (χ0n) is 15.3. The number of rotatable bonds is 4. The van der Waals surface area contributed by atoms with Gasteiger partial charge in [-0.05, 0) is 50.1 Å². The number of allylic oxidation sites excluding steroid dienone is 1. The van der Waals surface area contributed by atoms with Crippen molar-refractivity contribution in [3.8, 4) is 11.5 Å². The van der Waals surface area contributed by atoms with Gasteiger partial charge in [0.05, 0.1) is 5.60 Å². The van der Waals surface area contributed by atoms with Crippen LogP contribution in [0.5, 0.6) is 11.5 Å². The predicted octanol–water partition coefficient (Wildman–Crippen LogP) is 4.77. The van der Waals surface area contributed by atoms with Crippen molar-refractivity contribution in [2.75, 3.05) is 0 Å². The summed E-state index contributed by atoms with van der Waals surface area (Å²) in [7, 11) is 0. The lowest BCUT2D eigenvalue weighted by Crippen LogP contribution is -2.38. The van der Waals surface area contributed by atoms with E-state index in [4.69, 9.17) is 9.47 Å². The number of hydrogen-bond donors (Lipinski definition) is 1. The van der Waals surface area contributed by atoms with Crippen molar-refractivity contribution in [1.29, 1.82) is 0 Å². The molecule has 1 heterocycles. The van der Waals surface area contributed by atoms with Crippen LogP contribution in [0.1, 0.15) is 43.4 Å². The third-order valence-corrected chi connectivity index (χ3v) is 4.56. The first kappa shape index (κ1) is 17.6. The Bertz CT molecular complexity index is 757. The van der Waals surface area contributed by atoms with Crippen LogP contribution >= 0.6 is 0 Å². The van der Waals surface area contributed by atoms with Gasteiger partial charge in [-0.1, -0.05) is 43.3 Å². The summed E-state index contributed by atoms with van der Waals surface area (Å²) in [6, 6.07) is 14.2. The average Bonchev–Trinajstić information content (AvgIpc) is 2.72. The van der Waals surface area contributed by atoms with Crippen LogP contribution in [-0.2, 0) is 6.61 Å². The molecule has 1 aliphatic heterocycles. The van der Waals surface area contributed by atoms with Crippen molar-refractivity contribution < 1.29 is 14.6 Å². The molecule has 132 valence electrons. The molecule has 0 aromatic heterocycles. The normalized spacial score (nSPS) is 19.7. The zero-order valence-corrected chi connectivity index (χ0v) is 15.3. The molecular weight excluding hydrogens is 312 g/mol. The van der Waals surface area contributed by atoms with Gasteiger partial charge in [-0.3, -0.25) is 0 Å². The molecule has 1 aliphatic rings. The van der Waals surface area contributed by atoms with Crippen molar-refractivity contribution in [2.45, 2.75) is 51.9 Å². The summed E-state index contributed by atoms with van der Waals surface area (Å²) in [4.78, 5) is 0. The highest BCUT2D eigenvalue weighted by molar-refractivity contribution is 5.49. The van der Waals surface area contributed by atoms with Crippen LogP contribution in [0, 0.1) is 6.92 Å². The van der Waals surface area contributed by atoms with Gasteiger partial charge in [0.1, 0.15) is 24.2 Å². The van der Waals surface area contributed by atoms with Gasteiger partial charge in [-0.15, -0.1) is 0 Å². The quantitative estimate of drug-likeness (QED) is 0.817. The van der Waals surface area contributed by atoms with Crippen LogP contribution in [0.15, 0.2) is 54.6 Å². The topological polar surface area (TPSA) is 38.7 Å². The van der Waals surface area contributed by atoms with E-state index in [9.17, 15) is 5.11 Å². The molecule has 3 rings (SSSR count). The Morgan fingerprint density at radius 1 is 1.12 bits per heavy atom. The standard InChI is InChI=1S/C22H26O3/c1-15-10-11-21(22(3,4)23)25-20-12-16(2)19(13-18(15)20)24-14-17-8-6-5-7-9-17/h5-13,15,21,23H,14H2,1-4H3/t15-,21+/m0/s1. The third-order valence-electron chi connectivity index (χ3n) is 4.56. The van der Waals surface area contributed by atoms with E-state index in [1.807, 2.05) is 37.3 Å². The Balaban J connectivity index is 1.86. The predicted molar refractivity (Wildman–Crippen MR) is 100 cm³/mol. The fourth-order valence-electron chi connectivity index (χ4n) is 2.95. The maximum absolute atomic E-state index is 10.3. The molecule has 0 bridgehead atoms. The number of aryl methyl sites for hydroxylation is 1. The molecule has 1 N–H and O–H groups in total. The molecule has 2 aromatic rings. The first-order valence-electron chi connectivity index (χ1n) is 8.73. The van der Waals surface area contributed by atoms with Crippen LogP contribution < -0.4 is 9.47 Å². The Hall–Kier alpha value is -2.26. The van der Waals surface area contributed by atoms with Gasteiger partial charge >= 0.3 is 0 Å². The van der Waals surface area contributed by atoms with Gasteiger partial charge in [0.15, 0.2) is 0 Å². The van der Waals surface area contributed by atoms with Gasteiger partial charge < -0.3 is 14.6 Å². The molecular formula is C22H26O3. The molecule has 3 heteroatoms. The lowest BCUT2D eigenvalue weighted by Gasteiger charge is -2.27. The SMILES string of the molecule is Cc1cc2c(cc1OCc1ccccc1)[C@@H](C)C=C[C@H](C(C)(C)O)O2. The zero-order chi connectivity index (χ0) is 18.0. The third kappa shape index (κ3) is 4.05. The van der Waals surface area contributed by atoms with E-state index >= 15 is 0 Å². The molecule has 0 spiro atoms. The summed E-state index contributed by atoms with van der Waals surface area (Å²) in [6.07, 6.45) is 3.67. The van der Waals surface area contributed by atoms with Crippen LogP contribution in [-0.4, -0.2) is 16.8 Å². The van der Waals surface area contributed by atoms with Gasteiger partial charge in [0.2, 0.25) is 0 Å². The van der Waals surface area contributed by atoms with Gasteiger partial charge in [-0.25, -0.2) is 0 Å². The van der Waals surface area contributed by atoms with E-state index in [0.29, 0.717) is 6.61 Å². The fourth-order valence-corrected chi connectivity index (χ4v) is 2.95. The Morgan fingerprint density at radius 2 is 1.84 bits per heavy atom. The Labute approximate surface area is 149 Å². The van der Waals surface area contributed by atoms with Crippen molar-refractivity contribution in [3.05, 3.63) is 71.3 Å². The van der Waals surface area contributed by atoms with Crippen molar-refractivity contribution in [3.63, 3.8) is 0 Å². The highest BCUT2D eigenvalue weighted by atomic mass is 16.5. The molecule has 3 nitrogen and oxygen atoms in total. The summed E-state index contributed by atoms with van der Waals surface area (Å²) >= 11 is 0. The lowest BCUT2D eigenvalue weighted by molar-refractivity contribution is -0.00964. The van der Waals surface area contributed by atoms with Crippen molar-refractivity contribution in [2.24, 2.45) is 0 Å². The second-order valence-electron chi connectivity index (χ2n) is 7.30. The number of fused-ring (bicyclic) bond motifs is 1. The molecule has 0 unspecified atom stereocenters. The molecule has 0 amide bonds. The van der Waals surface area contributed by atoms with Crippen molar-refractivity contribution in [1.82, 2.24) is 0 Å². The van der Waals surface area contributed by atoms with E-state index < -0.39 is 5.60 Å². The van der Waals surface area contributed by atoms with E-state index in [-0.39, 0.29) is 12.0 Å². The van der Waals surface area contributed by atoms with Crippen LogP contribution in [0.2, 0.25) is 0 Å². The number of hydrogen-bond acceptors (Lipinski definition) is 3. The minimum Gasteiger partial charge on any atom is -0.489 e. The Kier molecular flexibility index (Phi) is 4.87. The first-order chi connectivity index (χ1) is 11.8. The molecule has 0 aliphatic carbocycles. The number of ether oxygens (including phenoxy) is 2. The molecule has 0 radical (unpaired) electrons. The monoisotopic (exact) mass is 338 g/mol. The smallest absolute Gasteiger partial charge is 0.145 e. The molecule has 2 aromatic carbocycles. The number of aliphatic hydroxyl groups is 1. The second-order valence-corrected chi connectivity index (χ2v) is 7.30. The minimum atomic E-state index is -0.936. The summed E-state index contributed by atoms with van der Waals surface area (Å²) in [6.45, 7) is 8.22. The van der Waals surface area contributed by atoms with E-state index in [1.54, 1.807) is 13.8 Å². The summed E-state index contributed by atoms with van der Waals surface area (Å²) in [5.41, 5.74) is 2.31. The average molecular weight is 338 g/mol. The summed E-state index contributed by atoms with van der Waals surface area (Å²) in [5, 5.41) is 10.3. The van der Waals surface area contributed by atoms with E-state index in [1.165, 1.54) is 0 Å². The van der Waals surface area contributed by atoms with Crippen LogP contribution in [0.4, 0.5) is 0 Å². The molecule has 0 saturated carbocycles. The second kappa shape index (κ2) is 6.93. The lowest BCUT2D eigenvalue weighted by atomic mass is 9.97. The largest absolute Gasteiger partial charge is 0.489 e. The van der Waals surface area contributed by atoms with Gasteiger partial charge in [0.25, 0.3) is 0 Å². The maximum Gasteiger partial charge on any atom is 0.145 e. The molecule has 25 heavy (non-hydrogen) atoms. The molecule has 0 fully saturated rings. The van der Waals surface area contributed by atoms with Gasteiger partial charge in [-0.2, -0.15) is 0 Å². The highest BCUT2D eigenvalue weighted by Crippen LogP contribution is 2.38. The maximum atomic E-state index is 10.3. The van der Waals surface area contributed by atoms with Crippen molar-refractivity contribution >= 4 is 0 Å². The molecule has 0 saturated heterocycles. The summed E-state index contributed by atoms with van der Waals surface area (Å²) < 4.78 is 12.1. The molecule has 2 atom stereocenters. The Morgan fingerprint density at radius 3 is 2.52 bits per heavy atom. The van der Waals surface area contributed by atoms with E-state index in [0.717, 1.165) is 28.2 Å². The first-order valence-corrected chi connectivity index (χ1v) is 8.73. The number of benzene rings is 2. The van der Waals surface area contributed by atoms with Gasteiger partial charge in [0, 0.05) is 11.5 Å². The minimum absolute atomic E-state index is 0.196. The van der Waals surface area contributed by atoms with E-state index in [2.05, 4.69) is 31.2 Å². The fraction of sp³-hybridized carbons (Fsp3) is 0.364. The highest BCUT2D eigenvalue weighted by Gasteiger charge is 2.30. The summed E-state index contributed by atoms with van der Waals surface area (Å²) in [5.74, 6) is 1.88. The van der Waals surface area contributed by atoms with Crippen LogP contribution in [0.3, 0.4) is 0 Å². The van der Waals surface area contributed by atoms with Crippen LogP contribution in [0.25, 0.3) is 0 Å².